The summed E-state index contributed by atoms with van der Waals surface area (Å²) in [5, 5.41) is 0. The molecule has 1 atom stereocenters. The average molecular weight is 204 g/mol. The van der Waals surface area contributed by atoms with Crippen molar-refractivity contribution in [2.24, 2.45) is 5.73 Å². The topological polar surface area (TPSA) is 29.3 Å². The van der Waals surface area contributed by atoms with E-state index in [0.29, 0.717) is 6.04 Å². The fraction of sp³-hybridized carbons (Fsp3) is 0.538. The summed E-state index contributed by atoms with van der Waals surface area (Å²) in [5.74, 6) is 0. The normalized spacial score (nSPS) is 19.4. The quantitative estimate of drug-likeness (QED) is 0.817. The van der Waals surface area contributed by atoms with E-state index in [1.807, 2.05) is 0 Å². The number of rotatable bonds is 3. The third kappa shape index (κ3) is 1.86. The Kier molecular flexibility index (Phi) is 2.96. The molecular formula is C13H20N2. The Morgan fingerprint density at radius 2 is 2.27 bits per heavy atom. The van der Waals surface area contributed by atoms with Gasteiger partial charge in [-0.2, -0.15) is 0 Å². The van der Waals surface area contributed by atoms with E-state index in [1.54, 1.807) is 0 Å². The zero-order chi connectivity index (χ0) is 10.8. The number of nitrogens with two attached hydrogens (primary N) is 1. The highest BCUT2D eigenvalue weighted by Gasteiger charge is 2.26. The molecule has 2 heteroatoms. The summed E-state index contributed by atoms with van der Waals surface area (Å²) < 4.78 is 0. The molecule has 2 N–H and O–H groups in total. The van der Waals surface area contributed by atoms with Crippen LogP contribution in [-0.2, 0) is 6.42 Å². The molecule has 1 aromatic rings. The number of hydrogen-bond acceptors (Lipinski definition) is 2. The molecule has 0 fully saturated rings. The summed E-state index contributed by atoms with van der Waals surface area (Å²) in [6.07, 6.45) is 3.52. The number of aryl methyl sites for hydroxylation is 1. The van der Waals surface area contributed by atoms with E-state index >= 15 is 0 Å². The lowest BCUT2D eigenvalue weighted by Crippen LogP contribution is -2.28. The van der Waals surface area contributed by atoms with Crippen LogP contribution in [0.5, 0.6) is 0 Å². The van der Waals surface area contributed by atoms with Gasteiger partial charge in [-0.15, -0.1) is 0 Å². The highest BCUT2D eigenvalue weighted by Crippen LogP contribution is 2.35. The molecule has 15 heavy (non-hydrogen) atoms. The van der Waals surface area contributed by atoms with Gasteiger partial charge in [-0.25, -0.2) is 0 Å². The average Bonchev–Trinajstić information content (AvgIpc) is 2.54. The minimum absolute atomic E-state index is 0.657. The predicted molar refractivity (Wildman–Crippen MR) is 65.4 cm³/mol. The van der Waals surface area contributed by atoms with Crippen molar-refractivity contribution in [1.82, 2.24) is 0 Å². The van der Waals surface area contributed by atoms with Crippen LogP contribution >= 0.6 is 0 Å². The van der Waals surface area contributed by atoms with Crippen molar-refractivity contribution in [3.8, 4) is 0 Å². The molecule has 0 saturated carbocycles. The molecule has 0 bridgehead atoms. The van der Waals surface area contributed by atoms with Crippen LogP contribution in [0.1, 0.15) is 24.0 Å². The Morgan fingerprint density at radius 1 is 1.47 bits per heavy atom. The first-order valence-corrected chi connectivity index (χ1v) is 5.75. The molecule has 0 radical (unpaired) electrons. The lowest BCUT2D eigenvalue weighted by atomic mass is 10.0. The Bertz CT molecular complexity index is 346. The molecule has 1 heterocycles. The molecule has 82 valence electrons. The van der Waals surface area contributed by atoms with Crippen molar-refractivity contribution in [1.29, 1.82) is 0 Å². The van der Waals surface area contributed by atoms with Crippen molar-refractivity contribution in [3.63, 3.8) is 0 Å². The second kappa shape index (κ2) is 4.23. The second-order valence-electron chi connectivity index (χ2n) is 4.48. The Morgan fingerprint density at radius 3 is 2.93 bits per heavy atom. The Balaban J connectivity index is 2.18. The van der Waals surface area contributed by atoms with Gasteiger partial charge in [-0.1, -0.05) is 18.2 Å². The lowest BCUT2D eigenvalue weighted by Gasteiger charge is -2.23. The maximum atomic E-state index is 5.57. The van der Waals surface area contributed by atoms with Crippen molar-refractivity contribution < 1.29 is 0 Å². The summed E-state index contributed by atoms with van der Waals surface area (Å²) >= 11 is 0. The molecule has 0 saturated heterocycles. The second-order valence-corrected chi connectivity index (χ2v) is 4.48. The molecular weight excluding hydrogens is 184 g/mol. The lowest BCUT2D eigenvalue weighted by molar-refractivity contribution is 0.583. The van der Waals surface area contributed by atoms with Crippen LogP contribution in [0.4, 0.5) is 5.69 Å². The van der Waals surface area contributed by atoms with Crippen molar-refractivity contribution in [2.45, 2.75) is 32.2 Å². The van der Waals surface area contributed by atoms with Gasteiger partial charge in [0.05, 0.1) is 0 Å². The smallest absolute Gasteiger partial charge is 0.0429 e. The van der Waals surface area contributed by atoms with Gasteiger partial charge in [0.2, 0.25) is 0 Å². The molecule has 1 aromatic carbocycles. The molecule has 1 aliphatic rings. The van der Waals surface area contributed by atoms with Crippen molar-refractivity contribution in [3.05, 3.63) is 29.3 Å². The molecule has 0 amide bonds. The number of fused-ring (bicyclic) bond motifs is 1. The number of benzene rings is 1. The van der Waals surface area contributed by atoms with E-state index in [-0.39, 0.29) is 0 Å². The minimum atomic E-state index is 0.657. The van der Waals surface area contributed by atoms with Crippen molar-refractivity contribution >= 4 is 5.69 Å². The number of anilines is 1. The van der Waals surface area contributed by atoms with Crippen LogP contribution in [-0.4, -0.2) is 19.6 Å². The first kappa shape index (κ1) is 10.5. The summed E-state index contributed by atoms with van der Waals surface area (Å²) in [6.45, 7) is 3.00. The van der Waals surface area contributed by atoms with Gasteiger partial charge in [0.25, 0.3) is 0 Å². The highest BCUT2D eigenvalue weighted by atomic mass is 15.2. The molecule has 2 nitrogen and oxygen atoms in total. The predicted octanol–water partition coefficient (Wildman–Crippen LogP) is 2.09. The van der Waals surface area contributed by atoms with Crippen LogP contribution in [0.15, 0.2) is 18.2 Å². The SMILES string of the molecule is Cc1cccc2c1N(C)C(CCCN)C2. The monoisotopic (exact) mass is 204 g/mol. The van der Waals surface area contributed by atoms with E-state index in [1.165, 1.54) is 29.7 Å². The van der Waals surface area contributed by atoms with Gasteiger partial charge in [-0.05, 0) is 43.9 Å². The van der Waals surface area contributed by atoms with Crippen LogP contribution in [0.2, 0.25) is 0 Å². The van der Waals surface area contributed by atoms with E-state index in [4.69, 9.17) is 5.73 Å². The largest absolute Gasteiger partial charge is 0.371 e. The maximum Gasteiger partial charge on any atom is 0.0429 e. The van der Waals surface area contributed by atoms with E-state index in [2.05, 4.69) is 37.1 Å². The van der Waals surface area contributed by atoms with Crippen LogP contribution in [0.3, 0.4) is 0 Å². The first-order chi connectivity index (χ1) is 7.24. The van der Waals surface area contributed by atoms with Gasteiger partial charge in [0.1, 0.15) is 0 Å². The number of para-hydroxylation sites is 1. The number of likely N-dealkylation sites (N-methyl/N-ethyl adjacent to an activating group) is 1. The Labute approximate surface area is 92.1 Å². The summed E-state index contributed by atoms with van der Waals surface area (Å²) in [5.41, 5.74) is 9.91. The van der Waals surface area contributed by atoms with E-state index in [0.717, 1.165) is 13.0 Å². The Hall–Kier alpha value is -1.02. The fourth-order valence-electron chi connectivity index (χ4n) is 2.61. The summed E-state index contributed by atoms with van der Waals surface area (Å²) in [7, 11) is 2.21. The van der Waals surface area contributed by atoms with Crippen LogP contribution in [0.25, 0.3) is 0 Å². The third-order valence-corrected chi connectivity index (χ3v) is 3.42. The van der Waals surface area contributed by atoms with Crippen molar-refractivity contribution in [2.75, 3.05) is 18.5 Å². The van der Waals surface area contributed by atoms with Crippen LogP contribution in [0, 0.1) is 6.92 Å². The van der Waals surface area contributed by atoms with Gasteiger partial charge in [0, 0.05) is 18.8 Å². The standard InChI is InChI=1S/C13H20N2/c1-10-5-3-6-11-9-12(7-4-8-14)15(2)13(10)11/h3,5-6,12H,4,7-9,14H2,1-2H3. The summed E-state index contributed by atoms with van der Waals surface area (Å²) in [6, 6.07) is 7.26. The van der Waals surface area contributed by atoms with Gasteiger partial charge >= 0.3 is 0 Å². The van der Waals surface area contributed by atoms with E-state index < -0.39 is 0 Å². The van der Waals surface area contributed by atoms with Gasteiger partial charge < -0.3 is 10.6 Å². The molecule has 1 aliphatic heterocycles. The molecule has 0 aromatic heterocycles. The van der Waals surface area contributed by atoms with Gasteiger partial charge in [-0.3, -0.25) is 0 Å². The molecule has 1 unspecified atom stereocenters. The maximum absolute atomic E-state index is 5.57. The summed E-state index contributed by atoms with van der Waals surface area (Å²) in [4.78, 5) is 2.43. The first-order valence-electron chi connectivity index (χ1n) is 5.75. The van der Waals surface area contributed by atoms with Crippen LogP contribution < -0.4 is 10.6 Å². The highest BCUT2D eigenvalue weighted by molar-refractivity contribution is 5.63. The molecule has 0 aliphatic carbocycles. The molecule has 0 spiro atoms. The van der Waals surface area contributed by atoms with Gasteiger partial charge in [0.15, 0.2) is 0 Å². The zero-order valence-electron chi connectivity index (χ0n) is 9.66. The van der Waals surface area contributed by atoms with E-state index in [9.17, 15) is 0 Å². The fourth-order valence-corrected chi connectivity index (χ4v) is 2.61. The number of hydrogen-bond donors (Lipinski definition) is 1. The zero-order valence-corrected chi connectivity index (χ0v) is 9.66. The molecule has 2 rings (SSSR count). The minimum Gasteiger partial charge on any atom is -0.371 e. The number of nitrogens with zero attached hydrogens (tertiary/aromatic N) is 1. The third-order valence-electron chi connectivity index (χ3n) is 3.42.